The van der Waals surface area contributed by atoms with Gasteiger partial charge in [0.05, 0.1) is 15.4 Å². The second kappa shape index (κ2) is 7.25. The van der Waals surface area contributed by atoms with Crippen LogP contribution in [-0.2, 0) is 15.1 Å². The highest BCUT2D eigenvalue weighted by molar-refractivity contribution is 8.01. The first kappa shape index (κ1) is 20.1. The van der Waals surface area contributed by atoms with Crippen LogP contribution < -0.4 is 4.72 Å². The molecular weight excluding hydrogens is 394 g/mol. The maximum atomic E-state index is 13.4. The van der Waals surface area contributed by atoms with Crippen LogP contribution in [0.2, 0.25) is 0 Å². The molecule has 0 spiro atoms. The van der Waals surface area contributed by atoms with Crippen molar-refractivity contribution >= 4 is 27.0 Å². The largest absolute Gasteiger partial charge is 0.293 e. The first-order valence-electron chi connectivity index (χ1n) is 9.66. The molecule has 0 saturated heterocycles. The summed E-state index contributed by atoms with van der Waals surface area (Å²) in [6.07, 6.45) is 5.23. The molecule has 1 atom stereocenters. The van der Waals surface area contributed by atoms with Gasteiger partial charge in [-0.05, 0) is 53.6 Å². The lowest BCUT2D eigenvalue weighted by molar-refractivity contribution is 0.589. The molecule has 0 aliphatic carbocycles. The number of benzene rings is 1. The predicted octanol–water partition coefficient (Wildman–Crippen LogP) is 4.50. The molecular formula is C23H25N5OS. The molecule has 3 aromatic heterocycles. The lowest BCUT2D eigenvalue weighted by atomic mass is 9.87. The third-order valence-corrected chi connectivity index (χ3v) is 6.47. The van der Waals surface area contributed by atoms with Gasteiger partial charge in [-0.2, -0.15) is 9.61 Å². The molecule has 0 saturated carbocycles. The molecule has 0 aliphatic rings. The van der Waals surface area contributed by atoms with Crippen molar-refractivity contribution in [2.75, 3.05) is 4.72 Å². The van der Waals surface area contributed by atoms with Crippen LogP contribution >= 0.6 is 0 Å². The number of hydrogen-bond donors (Lipinski definition) is 1. The average molecular weight is 420 g/mol. The van der Waals surface area contributed by atoms with E-state index in [1.807, 2.05) is 43.3 Å². The minimum absolute atomic E-state index is 0.0291. The zero-order valence-electron chi connectivity index (χ0n) is 17.6. The van der Waals surface area contributed by atoms with Crippen LogP contribution in [0.4, 0.5) is 5.82 Å². The summed E-state index contributed by atoms with van der Waals surface area (Å²) in [5.41, 5.74) is 4.56. The van der Waals surface area contributed by atoms with Crippen molar-refractivity contribution in [2.45, 2.75) is 38.0 Å². The number of nitrogens with zero attached hydrogens (tertiary/aromatic N) is 4. The second-order valence-electron chi connectivity index (χ2n) is 8.43. The van der Waals surface area contributed by atoms with E-state index in [0.29, 0.717) is 16.4 Å². The van der Waals surface area contributed by atoms with Crippen LogP contribution in [0.1, 0.15) is 31.9 Å². The molecule has 0 fully saturated rings. The Morgan fingerprint density at radius 1 is 1.07 bits per heavy atom. The van der Waals surface area contributed by atoms with E-state index in [-0.39, 0.29) is 5.41 Å². The fourth-order valence-electron chi connectivity index (χ4n) is 3.21. The highest BCUT2D eigenvalue weighted by Gasteiger charge is 2.16. The predicted molar refractivity (Wildman–Crippen MR) is 123 cm³/mol. The molecule has 30 heavy (non-hydrogen) atoms. The molecule has 1 N–H and O–H groups in total. The van der Waals surface area contributed by atoms with Gasteiger partial charge in [0.2, 0.25) is 0 Å². The minimum Gasteiger partial charge on any atom is -0.293 e. The van der Waals surface area contributed by atoms with E-state index in [4.69, 9.17) is 0 Å². The SMILES string of the molecule is C=S(=O)(Nc1ccnc2cc(-c3cncc(C)c3)nn12)c1ccc(C(C)(C)C)cc1. The van der Waals surface area contributed by atoms with Crippen molar-refractivity contribution < 1.29 is 4.21 Å². The molecule has 1 unspecified atom stereocenters. The normalized spacial score (nSPS) is 13.9. The summed E-state index contributed by atoms with van der Waals surface area (Å²) >= 11 is 0. The summed E-state index contributed by atoms with van der Waals surface area (Å²) in [6.45, 7) is 8.43. The van der Waals surface area contributed by atoms with Crippen LogP contribution in [0.15, 0.2) is 66.0 Å². The number of hydrogen-bond acceptors (Lipinski definition) is 4. The molecule has 7 heteroatoms. The van der Waals surface area contributed by atoms with E-state index in [1.54, 1.807) is 29.2 Å². The van der Waals surface area contributed by atoms with Gasteiger partial charge in [-0.15, -0.1) is 0 Å². The third kappa shape index (κ3) is 3.93. The Labute approximate surface area is 177 Å². The molecule has 1 aromatic carbocycles. The first-order valence-corrected chi connectivity index (χ1v) is 11.4. The number of nitrogens with one attached hydrogen (secondary N) is 1. The Morgan fingerprint density at radius 2 is 1.80 bits per heavy atom. The summed E-state index contributed by atoms with van der Waals surface area (Å²) in [4.78, 5) is 9.25. The topological polar surface area (TPSA) is 72.2 Å². The van der Waals surface area contributed by atoms with Crippen molar-refractivity contribution in [1.82, 2.24) is 19.6 Å². The number of anilines is 1. The minimum atomic E-state index is -2.78. The summed E-state index contributed by atoms with van der Waals surface area (Å²) in [7, 11) is -2.78. The second-order valence-corrected chi connectivity index (χ2v) is 10.5. The van der Waals surface area contributed by atoms with Gasteiger partial charge in [0, 0.05) is 35.1 Å². The highest BCUT2D eigenvalue weighted by Crippen LogP contribution is 2.25. The van der Waals surface area contributed by atoms with Gasteiger partial charge in [-0.3, -0.25) is 9.71 Å². The molecule has 154 valence electrons. The van der Waals surface area contributed by atoms with Crippen LogP contribution in [0.3, 0.4) is 0 Å². The van der Waals surface area contributed by atoms with E-state index in [0.717, 1.165) is 16.8 Å². The van der Waals surface area contributed by atoms with Gasteiger partial charge in [0.25, 0.3) is 0 Å². The lowest BCUT2D eigenvalue weighted by Crippen LogP contribution is -2.16. The molecule has 6 nitrogen and oxygen atoms in total. The maximum Gasteiger partial charge on any atom is 0.157 e. The van der Waals surface area contributed by atoms with Crippen molar-refractivity contribution in [3.63, 3.8) is 0 Å². The Hall–Kier alpha value is -3.19. The molecule has 0 amide bonds. The van der Waals surface area contributed by atoms with Gasteiger partial charge in [0.15, 0.2) is 5.65 Å². The Balaban J connectivity index is 1.69. The van der Waals surface area contributed by atoms with Crippen molar-refractivity contribution in [3.8, 4) is 11.3 Å². The monoisotopic (exact) mass is 419 g/mol. The summed E-state index contributed by atoms with van der Waals surface area (Å²) < 4.78 is 18.1. The number of rotatable bonds is 4. The van der Waals surface area contributed by atoms with Crippen molar-refractivity contribution in [2.24, 2.45) is 0 Å². The van der Waals surface area contributed by atoms with Gasteiger partial charge in [-0.25, -0.2) is 9.19 Å². The zero-order chi connectivity index (χ0) is 21.5. The summed E-state index contributed by atoms with van der Waals surface area (Å²) in [6, 6.07) is 13.4. The summed E-state index contributed by atoms with van der Waals surface area (Å²) in [5.74, 6) is 4.52. The van der Waals surface area contributed by atoms with Crippen LogP contribution in [0, 0.1) is 6.92 Å². The zero-order valence-corrected chi connectivity index (χ0v) is 18.4. The van der Waals surface area contributed by atoms with E-state index in [2.05, 4.69) is 46.4 Å². The number of fused-ring (bicyclic) bond motifs is 1. The van der Waals surface area contributed by atoms with Crippen LogP contribution in [-0.4, -0.2) is 29.7 Å². The molecule has 4 aromatic rings. The molecule has 0 radical (unpaired) electrons. The van der Waals surface area contributed by atoms with E-state index >= 15 is 0 Å². The molecule has 0 bridgehead atoms. The lowest BCUT2D eigenvalue weighted by Gasteiger charge is -2.20. The Morgan fingerprint density at radius 3 is 2.47 bits per heavy atom. The van der Waals surface area contributed by atoms with Crippen molar-refractivity contribution in [1.29, 1.82) is 0 Å². The van der Waals surface area contributed by atoms with Crippen LogP contribution in [0.25, 0.3) is 16.9 Å². The smallest absolute Gasteiger partial charge is 0.157 e. The first-order chi connectivity index (χ1) is 14.1. The number of aryl methyl sites for hydroxylation is 1. The highest BCUT2D eigenvalue weighted by atomic mass is 32.2. The van der Waals surface area contributed by atoms with E-state index < -0.39 is 9.71 Å². The number of pyridine rings is 1. The maximum absolute atomic E-state index is 13.4. The Kier molecular flexibility index (Phi) is 4.86. The molecule has 4 rings (SSSR count). The average Bonchev–Trinajstić information content (AvgIpc) is 3.13. The van der Waals surface area contributed by atoms with Crippen molar-refractivity contribution in [3.05, 3.63) is 72.2 Å². The fraction of sp³-hybridized carbons (Fsp3) is 0.217. The van der Waals surface area contributed by atoms with E-state index in [1.165, 1.54) is 5.56 Å². The van der Waals surface area contributed by atoms with Gasteiger partial charge >= 0.3 is 0 Å². The third-order valence-electron chi connectivity index (χ3n) is 4.90. The fourth-order valence-corrected chi connectivity index (χ4v) is 4.40. The van der Waals surface area contributed by atoms with Gasteiger partial charge in [0.1, 0.15) is 5.82 Å². The van der Waals surface area contributed by atoms with Crippen LogP contribution in [0.5, 0.6) is 0 Å². The number of aromatic nitrogens is 4. The summed E-state index contributed by atoms with van der Waals surface area (Å²) in [5, 5.41) is 4.65. The molecule has 0 aliphatic heterocycles. The standard InChI is InChI=1S/C23H25N5OS/c1-16-12-17(15-24-14-16)20-13-22-25-11-10-21(28(22)26-20)27-30(5,29)19-8-6-18(7-9-19)23(2,3)4/h6-15H,5H2,1-4H3,(H,27,29). The Bertz CT molecular complexity index is 1320. The van der Waals surface area contributed by atoms with Gasteiger partial charge < -0.3 is 0 Å². The quantitative estimate of drug-likeness (QED) is 0.494. The van der Waals surface area contributed by atoms with Gasteiger partial charge in [-0.1, -0.05) is 32.9 Å². The van der Waals surface area contributed by atoms with E-state index in [9.17, 15) is 4.21 Å². The molecule has 3 heterocycles.